The molecule has 0 saturated carbocycles. The highest BCUT2D eigenvalue weighted by molar-refractivity contribution is 6.15. The summed E-state index contributed by atoms with van der Waals surface area (Å²) in [5.41, 5.74) is 7.11. The van der Waals surface area contributed by atoms with E-state index in [0.717, 1.165) is 5.56 Å². The molecule has 2 N–H and O–H groups in total. The zero-order valence-corrected chi connectivity index (χ0v) is 10.4. The SMILES string of the molecule is CCN1CCC(=O)N(c2ccc(CN)cc2)C1=O. The lowest BCUT2D eigenvalue weighted by molar-refractivity contribution is -0.119. The molecular formula is C13H17N3O2. The predicted molar refractivity (Wildman–Crippen MR) is 69.1 cm³/mol. The van der Waals surface area contributed by atoms with Crippen LogP contribution >= 0.6 is 0 Å². The number of amides is 3. The zero-order chi connectivity index (χ0) is 13.1. The minimum Gasteiger partial charge on any atom is -0.326 e. The lowest BCUT2D eigenvalue weighted by atomic mass is 10.1. The molecule has 1 aliphatic heterocycles. The Morgan fingerprint density at radius 3 is 2.44 bits per heavy atom. The number of carbonyl (C=O) groups is 2. The van der Waals surface area contributed by atoms with Crippen LogP contribution in [-0.4, -0.2) is 29.9 Å². The first-order valence-corrected chi connectivity index (χ1v) is 6.08. The number of anilines is 1. The van der Waals surface area contributed by atoms with Crippen molar-refractivity contribution in [3.8, 4) is 0 Å². The molecule has 1 heterocycles. The number of rotatable bonds is 3. The molecular weight excluding hydrogens is 230 g/mol. The van der Waals surface area contributed by atoms with Crippen molar-refractivity contribution in [2.75, 3.05) is 18.0 Å². The molecule has 3 amide bonds. The lowest BCUT2D eigenvalue weighted by Gasteiger charge is -2.33. The van der Waals surface area contributed by atoms with Gasteiger partial charge in [-0.15, -0.1) is 0 Å². The van der Waals surface area contributed by atoms with Crippen molar-refractivity contribution in [1.82, 2.24) is 4.90 Å². The van der Waals surface area contributed by atoms with Crippen LogP contribution in [0.4, 0.5) is 10.5 Å². The third kappa shape index (κ3) is 2.22. The van der Waals surface area contributed by atoms with Crippen LogP contribution in [0, 0.1) is 0 Å². The molecule has 5 heteroatoms. The van der Waals surface area contributed by atoms with Crippen molar-refractivity contribution in [3.05, 3.63) is 29.8 Å². The van der Waals surface area contributed by atoms with Gasteiger partial charge in [0, 0.05) is 26.1 Å². The topological polar surface area (TPSA) is 66.6 Å². The maximum atomic E-state index is 12.1. The summed E-state index contributed by atoms with van der Waals surface area (Å²) < 4.78 is 0. The number of urea groups is 1. The van der Waals surface area contributed by atoms with Crippen molar-refractivity contribution in [2.45, 2.75) is 19.9 Å². The largest absolute Gasteiger partial charge is 0.331 e. The van der Waals surface area contributed by atoms with Crippen LogP contribution in [0.25, 0.3) is 0 Å². The fourth-order valence-electron chi connectivity index (χ4n) is 2.02. The highest BCUT2D eigenvalue weighted by atomic mass is 16.2. The smallest absolute Gasteiger partial charge is 0.326 e. The highest BCUT2D eigenvalue weighted by Crippen LogP contribution is 2.21. The van der Waals surface area contributed by atoms with Gasteiger partial charge in [-0.3, -0.25) is 4.79 Å². The Morgan fingerprint density at radius 2 is 1.89 bits per heavy atom. The van der Waals surface area contributed by atoms with Gasteiger partial charge < -0.3 is 10.6 Å². The number of hydrogen-bond acceptors (Lipinski definition) is 3. The van der Waals surface area contributed by atoms with Gasteiger partial charge in [0.25, 0.3) is 0 Å². The number of carbonyl (C=O) groups excluding carboxylic acids is 2. The van der Waals surface area contributed by atoms with E-state index in [1.807, 2.05) is 19.1 Å². The molecule has 2 rings (SSSR count). The number of hydrogen-bond donors (Lipinski definition) is 1. The first kappa shape index (κ1) is 12.6. The second-order valence-corrected chi connectivity index (χ2v) is 4.21. The van der Waals surface area contributed by atoms with Crippen molar-refractivity contribution >= 4 is 17.6 Å². The Morgan fingerprint density at radius 1 is 1.22 bits per heavy atom. The monoisotopic (exact) mass is 247 g/mol. The molecule has 0 unspecified atom stereocenters. The highest BCUT2D eigenvalue weighted by Gasteiger charge is 2.32. The standard InChI is InChI=1S/C13H17N3O2/c1-2-15-8-7-12(17)16(13(15)18)11-5-3-10(9-14)4-6-11/h3-6H,2,7-9,14H2,1H3. The molecule has 1 fully saturated rings. The van der Waals surface area contributed by atoms with Gasteiger partial charge >= 0.3 is 6.03 Å². The molecule has 18 heavy (non-hydrogen) atoms. The Kier molecular flexibility index (Phi) is 3.62. The van der Waals surface area contributed by atoms with Crippen LogP contribution < -0.4 is 10.6 Å². The van der Waals surface area contributed by atoms with Crippen molar-refractivity contribution < 1.29 is 9.59 Å². The van der Waals surface area contributed by atoms with E-state index >= 15 is 0 Å². The van der Waals surface area contributed by atoms with Crippen molar-refractivity contribution in [1.29, 1.82) is 0 Å². The summed E-state index contributed by atoms with van der Waals surface area (Å²) in [6.45, 7) is 3.47. The molecule has 0 radical (unpaired) electrons. The molecule has 1 aromatic rings. The molecule has 0 bridgehead atoms. The molecule has 0 aromatic heterocycles. The zero-order valence-electron chi connectivity index (χ0n) is 10.4. The molecule has 1 aromatic carbocycles. The summed E-state index contributed by atoms with van der Waals surface area (Å²) in [7, 11) is 0. The summed E-state index contributed by atoms with van der Waals surface area (Å²) >= 11 is 0. The van der Waals surface area contributed by atoms with Gasteiger partial charge in [-0.25, -0.2) is 9.69 Å². The molecule has 96 valence electrons. The van der Waals surface area contributed by atoms with Crippen LogP contribution in [0.15, 0.2) is 24.3 Å². The van der Waals surface area contributed by atoms with E-state index < -0.39 is 0 Å². The van der Waals surface area contributed by atoms with Crippen molar-refractivity contribution in [2.24, 2.45) is 5.73 Å². The molecule has 1 saturated heterocycles. The summed E-state index contributed by atoms with van der Waals surface area (Å²) in [5.74, 6) is -0.148. The number of nitrogens with two attached hydrogens (primary N) is 1. The van der Waals surface area contributed by atoms with Gasteiger partial charge in [0.05, 0.1) is 5.69 Å². The Bertz CT molecular complexity index is 456. The molecule has 1 aliphatic rings. The second kappa shape index (κ2) is 5.18. The van der Waals surface area contributed by atoms with Crippen LogP contribution in [0.5, 0.6) is 0 Å². The van der Waals surface area contributed by atoms with Crippen LogP contribution in [0.2, 0.25) is 0 Å². The fraction of sp³-hybridized carbons (Fsp3) is 0.385. The van der Waals surface area contributed by atoms with E-state index in [0.29, 0.717) is 31.7 Å². The number of nitrogens with zero attached hydrogens (tertiary/aromatic N) is 2. The quantitative estimate of drug-likeness (QED) is 0.876. The van der Waals surface area contributed by atoms with Gasteiger partial charge in [-0.1, -0.05) is 12.1 Å². The fourth-order valence-corrected chi connectivity index (χ4v) is 2.02. The average Bonchev–Trinajstić information content (AvgIpc) is 2.40. The van der Waals surface area contributed by atoms with E-state index in [1.54, 1.807) is 17.0 Å². The minimum absolute atomic E-state index is 0.148. The Balaban J connectivity index is 2.28. The first-order valence-electron chi connectivity index (χ1n) is 6.08. The summed E-state index contributed by atoms with van der Waals surface area (Å²) in [6, 6.07) is 6.95. The average molecular weight is 247 g/mol. The summed E-state index contributed by atoms with van der Waals surface area (Å²) in [5, 5.41) is 0. The van der Waals surface area contributed by atoms with Crippen LogP contribution in [0.3, 0.4) is 0 Å². The number of imide groups is 1. The minimum atomic E-state index is -0.241. The molecule has 0 atom stereocenters. The Hall–Kier alpha value is -1.88. The normalized spacial score (nSPS) is 16.3. The lowest BCUT2D eigenvalue weighted by Crippen LogP contribution is -2.52. The maximum absolute atomic E-state index is 12.1. The second-order valence-electron chi connectivity index (χ2n) is 4.21. The van der Waals surface area contributed by atoms with Gasteiger partial charge in [0.2, 0.25) is 5.91 Å². The summed E-state index contributed by atoms with van der Waals surface area (Å²) in [6.07, 6.45) is 0.373. The van der Waals surface area contributed by atoms with Gasteiger partial charge in [-0.05, 0) is 24.6 Å². The number of benzene rings is 1. The van der Waals surface area contributed by atoms with Gasteiger partial charge in [-0.2, -0.15) is 0 Å². The molecule has 5 nitrogen and oxygen atoms in total. The maximum Gasteiger partial charge on any atom is 0.331 e. The van der Waals surface area contributed by atoms with Gasteiger partial charge in [0.1, 0.15) is 0 Å². The van der Waals surface area contributed by atoms with Crippen LogP contribution in [-0.2, 0) is 11.3 Å². The Labute approximate surface area is 106 Å². The van der Waals surface area contributed by atoms with Crippen LogP contribution in [0.1, 0.15) is 18.9 Å². The predicted octanol–water partition coefficient (Wildman–Crippen LogP) is 1.32. The third-order valence-electron chi connectivity index (χ3n) is 3.12. The third-order valence-corrected chi connectivity index (χ3v) is 3.12. The van der Waals surface area contributed by atoms with E-state index in [-0.39, 0.29) is 11.9 Å². The summed E-state index contributed by atoms with van der Waals surface area (Å²) in [4.78, 5) is 26.9. The van der Waals surface area contributed by atoms with Crippen molar-refractivity contribution in [3.63, 3.8) is 0 Å². The molecule has 0 spiro atoms. The van der Waals surface area contributed by atoms with E-state index in [9.17, 15) is 9.59 Å². The molecule has 0 aliphatic carbocycles. The van der Waals surface area contributed by atoms with E-state index in [1.165, 1.54) is 4.90 Å². The van der Waals surface area contributed by atoms with Gasteiger partial charge in [0.15, 0.2) is 0 Å². The van der Waals surface area contributed by atoms with E-state index in [4.69, 9.17) is 5.73 Å². The first-order chi connectivity index (χ1) is 8.67. The van der Waals surface area contributed by atoms with E-state index in [2.05, 4.69) is 0 Å².